The molecule has 3 heteroatoms. The highest BCUT2D eigenvalue weighted by Gasteiger charge is 1.99. The summed E-state index contributed by atoms with van der Waals surface area (Å²) in [5.41, 5.74) is 3.86. The van der Waals surface area contributed by atoms with Crippen molar-refractivity contribution in [1.82, 2.24) is 0 Å². The van der Waals surface area contributed by atoms with Crippen molar-refractivity contribution in [2.24, 2.45) is 0 Å². The van der Waals surface area contributed by atoms with Crippen molar-refractivity contribution < 1.29 is 11.0 Å². The lowest BCUT2D eigenvalue weighted by atomic mass is 9.63. The van der Waals surface area contributed by atoms with Gasteiger partial charge in [-0.3, -0.25) is 0 Å². The Balaban J connectivity index is 0.00000112. The van der Waals surface area contributed by atoms with Gasteiger partial charge in [0.05, 0.1) is 0 Å². The van der Waals surface area contributed by atoms with E-state index in [1.165, 1.54) is 16.5 Å². The molecule has 0 aliphatic carbocycles. The molecule has 0 spiro atoms. The van der Waals surface area contributed by atoms with Crippen molar-refractivity contribution in [3.05, 3.63) is 60.2 Å². The second kappa shape index (κ2) is 6.83. The van der Waals surface area contributed by atoms with Crippen LogP contribution in [0.5, 0.6) is 0 Å². The number of hydrogen-bond donors (Lipinski definition) is 0. The summed E-state index contributed by atoms with van der Waals surface area (Å²) in [5, 5.41) is 0. The Hall–Kier alpha value is -1.58. The van der Waals surface area contributed by atoms with Crippen molar-refractivity contribution in [2.45, 2.75) is 6.92 Å². The molecule has 0 saturated heterocycles. The molecule has 0 fully saturated rings. The zero-order chi connectivity index (χ0) is 9.80. The van der Waals surface area contributed by atoms with Crippen LogP contribution in [0.1, 0.15) is 5.56 Å². The van der Waals surface area contributed by atoms with Gasteiger partial charge in [0.2, 0.25) is 0 Å². The van der Waals surface area contributed by atoms with Gasteiger partial charge in [-0.25, -0.2) is 0 Å². The summed E-state index contributed by atoms with van der Waals surface area (Å²) < 4.78 is 0. The minimum atomic E-state index is 0. The topological polar surface area (TPSA) is 63.0 Å². The number of aryl methyl sites for hydroxylation is 1. The molecule has 0 aliphatic rings. The van der Waals surface area contributed by atoms with Crippen LogP contribution in [0.3, 0.4) is 0 Å². The van der Waals surface area contributed by atoms with Gasteiger partial charge >= 0.3 is 0 Å². The van der Waals surface area contributed by atoms with E-state index in [0.717, 1.165) is 0 Å². The fraction of sp³-hybridized carbons (Fsp3) is 0.0769. The average molecular weight is 215 g/mol. The lowest BCUT2D eigenvalue weighted by molar-refractivity contribution is 0.823. The number of hydrogen-bond acceptors (Lipinski definition) is 0. The summed E-state index contributed by atoms with van der Waals surface area (Å²) in [7, 11) is 2.20. The molecule has 0 amide bonds. The molecule has 0 unspecified atom stereocenters. The lowest BCUT2D eigenvalue weighted by Gasteiger charge is -2.03. The Morgan fingerprint density at radius 2 is 1.31 bits per heavy atom. The molecule has 0 aromatic heterocycles. The zero-order valence-electron chi connectivity index (χ0n) is 9.27. The van der Waals surface area contributed by atoms with Gasteiger partial charge in [-0.05, 0) is 6.92 Å². The molecule has 0 aliphatic heterocycles. The van der Waals surface area contributed by atoms with Crippen LogP contribution in [-0.2, 0) is 0 Å². The average Bonchev–Trinajstić information content (AvgIpc) is 2.23. The summed E-state index contributed by atoms with van der Waals surface area (Å²) in [6.07, 6.45) is 0. The minimum absolute atomic E-state index is 0. The minimum Gasteiger partial charge on any atom is -0.412 e. The van der Waals surface area contributed by atoms with E-state index >= 15 is 0 Å². The highest BCUT2D eigenvalue weighted by Crippen LogP contribution is 1.92. The van der Waals surface area contributed by atoms with Crippen LogP contribution in [0.2, 0.25) is 0 Å². The van der Waals surface area contributed by atoms with E-state index in [0.29, 0.717) is 0 Å². The first-order valence-corrected chi connectivity index (χ1v) is 4.82. The molecule has 2 nitrogen and oxygen atoms in total. The van der Waals surface area contributed by atoms with Crippen molar-refractivity contribution >= 4 is 18.2 Å². The molecule has 2 rings (SSSR count). The Morgan fingerprint density at radius 1 is 0.750 bits per heavy atom. The smallest absolute Gasteiger partial charge is 0.191 e. The standard InChI is InChI=1S/C13H12B.2H2O/c1-11-7-5-6-10-13(11)14-12-8-3-2-4-9-12;;/h2-10H,1H3;2*1H2. The zero-order valence-corrected chi connectivity index (χ0v) is 9.27. The summed E-state index contributed by atoms with van der Waals surface area (Å²) in [4.78, 5) is 0. The maximum Gasteiger partial charge on any atom is 0.191 e. The second-order valence-corrected chi connectivity index (χ2v) is 3.41. The van der Waals surface area contributed by atoms with Gasteiger partial charge in [-0.1, -0.05) is 71.1 Å². The van der Waals surface area contributed by atoms with E-state index in [2.05, 4.69) is 62.7 Å². The SMILES string of the molecule is Cc1ccccc1[B]c1ccccc1.O.O. The molecular formula is C13H16BO2. The molecule has 0 heterocycles. The van der Waals surface area contributed by atoms with Crippen molar-refractivity contribution in [3.8, 4) is 0 Å². The molecular weight excluding hydrogens is 199 g/mol. The predicted octanol–water partition coefficient (Wildman–Crippen LogP) is 0.000620. The van der Waals surface area contributed by atoms with Gasteiger partial charge in [-0.2, -0.15) is 0 Å². The monoisotopic (exact) mass is 215 g/mol. The highest BCUT2D eigenvalue weighted by molar-refractivity contribution is 6.67. The van der Waals surface area contributed by atoms with Gasteiger partial charge in [0.15, 0.2) is 7.28 Å². The van der Waals surface area contributed by atoms with Crippen LogP contribution < -0.4 is 10.9 Å². The first-order valence-electron chi connectivity index (χ1n) is 4.82. The van der Waals surface area contributed by atoms with Crippen LogP contribution >= 0.6 is 0 Å². The third-order valence-corrected chi connectivity index (χ3v) is 2.31. The van der Waals surface area contributed by atoms with Gasteiger partial charge in [0.1, 0.15) is 0 Å². The van der Waals surface area contributed by atoms with Crippen LogP contribution in [0, 0.1) is 6.92 Å². The van der Waals surface area contributed by atoms with Crippen LogP contribution in [0.4, 0.5) is 0 Å². The molecule has 0 bridgehead atoms. The van der Waals surface area contributed by atoms with Gasteiger partial charge in [-0.15, -0.1) is 0 Å². The quantitative estimate of drug-likeness (QED) is 0.633. The molecule has 16 heavy (non-hydrogen) atoms. The van der Waals surface area contributed by atoms with E-state index in [1.54, 1.807) is 0 Å². The maximum atomic E-state index is 2.20. The largest absolute Gasteiger partial charge is 0.412 e. The third kappa shape index (κ3) is 3.53. The van der Waals surface area contributed by atoms with Crippen molar-refractivity contribution in [1.29, 1.82) is 0 Å². The van der Waals surface area contributed by atoms with Gasteiger partial charge in [0, 0.05) is 0 Å². The molecule has 83 valence electrons. The van der Waals surface area contributed by atoms with Crippen LogP contribution in [0.25, 0.3) is 0 Å². The first kappa shape index (κ1) is 14.4. The van der Waals surface area contributed by atoms with Crippen LogP contribution in [-0.4, -0.2) is 18.2 Å². The summed E-state index contributed by atoms with van der Waals surface area (Å²) in [6.45, 7) is 2.13. The molecule has 2 aromatic rings. The van der Waals surface area contributed by atoms with E-state index in [1.807, 2.05) is 6.07 Å². The summed E-state index contributed by atoms with van der Waals surface area (Å²) in [6, 6.07) is 18.8. The van der Waals surface area contributed by atoms with E-state index in [4.69, 9.17) is 0 Å². The lowest BCUT2D eigenvalue weighted by Crippen LogP contribution is -2.28. The Labute approximate surface area is 96.8 Å². The van der Waals surface area contributed by atoms with E-state index in [-0.39, 0.29) is 11.0 Å². The molecule has 1 radical (unpaired) electrons. The van der Waals surface area contributed by atoms with Gasteiger partial charge in [0.25, 0.3) is 0 Å². The predicted molar refractivity (Wildman–Crippen MR) is 69.9 cm³/mol. The normalized spacial score (nSPS) is 8.56. The fourth-order valence-corrected chi connectivity index (χ4v) is 1.48. The summed E-state index contributed by atoms with van der Waals surface area (Å²) in [5.74, 6) is 0. The Bertz CT molecular complexity index is 415. The Morgan fingerprint density at radius 3 is 1.94 bits per heavy atom. The van der Waals surface area contributed by atoms with Crippen molar-refractivity contribution in [3.63, 3.8) is 0 Å². The van der Waals surface area contributed by atoms with Crippen LogP contribution in [0.15, 0.2) is 54.6 Å². The molecule has 2 aromatic carbocycles. The molecule has 4 N–H and O–H groups in total. The summed E-state index contributed by atoms with van der Waals surface area (Å²) >= 11 is 0. The fourth-order valence-electron chi connectivity index (χ4n) is 1.48. The van der Waals surface area contributed by atoms with E-state index < -0.39 is 0 Å². The molecule has 0 atom stereocenters. The maximum absolute atomic E-state index is 2.20. The Kier molecular flexibility index (Phi) is 6.15. The van der Waals surface area contributed by atoms with E-state index in [9.17, 15) is 0 Å². The highest BCUT2D eigenvalue weighted by atomic mass is 16.0. The first-order chi connectivity index (χ1) is 6.86. The number of rotatable bonds is 2. The van der Waals surface area contributed by atoms with Gasteiger partial charge < -0.3 is 11.0 Å². The molecule has 0 saturated carbocycles. The second-order valence-electron chi connectivity index (χ2n) is 3.41. The number of benzene rings is 2. The van der Waals surface area contributed by atoms with Crippen molar-refractivity contribution in [2.75, 3.05) is 0 Å². The third-order valence-electron chi connectivity index (χ3n) is 2.31.